The van der Waals surface area contributed by atoms with Gasteiger partial charge in [0.1, 0.15) is 5.41 Å². The van der Waals surface area contributed by atoms with Crippen molar-refractivity contribution in [2.75, 3.05) is 13.7 Å². The molecule has 1 fully saturated rings. The molecule has 1 heterocycles. The highest BCUT2D eigenvalue weighted by Gasteiger charge is 2.57. The largest absolute Gasteiger partial charge is 0.468 e. The van der Waals surface area contributed by atoms with Crippen LogP contribution in [-0.4, -0.2) is 30.5 Å². The quantitative estimate of drug-likeness (QED) is 0.581. The summed E-state index contributed by atoms with van der Waals surface area (Å²) in [5.41, 5.74) is 0.165. The molecule has 1 aliphatic carbocycles. The van der Waals surface area contributed by atoms with E-state index in [9.17, 15) is 9.59 Å². The van der Waals surface area contributed by atoms with Crippen LogP contribution in [0.1, 0.15) is 18.5 Å². The fourth-order valence-electron chi connectivity index (χ4n) is 1.85. The molecule has 5 nitrogen and oxygen atoms in total. The summed E-state index contributed by atoms with van der Waals surface area (Å²) >= 11 is 0. The van der Waals surface area contributed by atoms with Crippen LogP contribution in [0.5, 0.6) is 0 Å². The van der Waals surface area contributed by atoms with E-state index in [0.717, 1.165) is 12.1 Å². The third kappa shape index (κ3) is 2.33. The monoisotopic (exact) mass is 236 g/mol. The van der Waals surface area contributed by atoms with Crippen LogP contribution in [-0.2, 0) is 20.7 Å². The normalized spacial score (nSPS) is 16.3. The number of nitrogens with one attached hydrogen (secondary N) is 2. The van der Waals surface area contributed by atoms with E-state index in [-0.39, 0.29) is 5.91 Å². The molecule has 0 saturated heterocycles. The fourth-order valence-corrected chi connectivity index (χ4v) is 1.85. The number of H-pyrrole nitrogens is 1. The van der Waals surface area contributed by atoms with Gasteiger partial charge in [-0.15, -0.1) is 0 Å². The molecule has 1 aromatic heterocycles. The Morgan fingerprint density at radius 2 is 2.29 bits per heavy atom. The van der Waals surface area contributed by atoms with Gasteiger partial charge in [-0.1, -0.05) is 0 Å². The van der Waals surface area contributed by atoms with E-state index < -0.39 is 11.4 Å². The first kappa shape index (κ1) is 11.7. The summed E-state index contributed by atoms with van der Waals surface area (Å²) in [5.74, 6) is -0.634. The third-order valence-electron chi connectivity index (χ3n) is 3.10. The molecule has 1 amide bonds. The number of rotatable bonds is 5. The van der Waals surface area contributed by atoms with Crippen LogP contribution in [0.25, 0.3) is 0 Å². The molecule has 0 radical (unpaired) electrons. The highest BCUT2D eigenvalue weighted by atomic mass is 16.5. The van der Waals surface area contributed by atoms with Gasteiger partial charge in [-0.2, -0.15) is 0 Å². The maximum Gasteiger partial charge on any atom is 0.321 e. The number of carbonyl (C=O) groups excluding carboxylic acids is 2. The van der Waals surface area contributed by atoms with Crippen molar-refractivity contribution in [3.8, 4) is 0 Å². The van der Waals surface area contributed by atoms with Gasteiger partial charge in [-0.05, 0) is 25.0 Å². The SMILES string of the molecule is COC(=O)C1(C(=O)NCCc2ccc[nH]2)CC1. The average molecular weight is 236 g/mol. The average Bonchev–Trinajstić information content (AvgIpc) is 3.00. The third-order valence-corrected chi connectivity index (χ3v) is 3.10. The zero-order valence-corrected chi connectivity index (χ0v) is 9.79. The topological polar surface area (TPSA) is 71.2 Å². The number of ether oxygens (including phenoxy) is 1. The predicted octanol–water partition coefficient (Wildman–Crippen LogP) is 0.627. The van der Waals surface area contributed by atoms with Crippen LogP contribution in [0, 0.1) is 5.41 Å². The zero-order valence-electron chi connectivity index (χ0n) is 9.79. The van der Waals surface area contributed by atoms with Crippen molar-refractivity contribution in [3.63, 3.8) is 0 Å². The van der Waals surface area contributed by atoms with E-state index in [4.69, 9.17) is 0 Å². The molecule has 1 aromatic rings. The Morgan fingerprint density at radius 1 is 1.53 bits per heavy atom. The lowest BCUT2D eigenvalue weighted by Crippen LogP contribution is -2.38. The molecular weight excluding hydrogens is 220 g/mol. The molecule has 1 saturated carbocycles. The lowest BCUT2D eigenvalue weighted by atomic mass is 10.1. The van der Waals surface area contributed by atoms with E-state index in [1.54, 1.807) is 0 Å². The van der Waals surface area contributed by atoms with Gasteiger partial charge in [-0.25, -0.2) is 0 Å². The summed E-state index contributed by atoms with van der Waals surface area (Å²) in [6, 6.07) is 3.87. The van der Waals surface area contributed by atoms with Crippen LogP contribution in [0.2, 0.25) is 0 Å². The Balaban J connectivity index is 1.80. The van der Waals surface area contributed by atoms with Gasteiger partial charge in [0.15, 0.2) is 0 Å². The minimum Gasteiger partial charge on any atom is -0.468 e. The second kappa shape index (κ2) is 4.61. The summed E-state index contributed by atoms with van der Waals surface area (Å²) in [6.07, 6.45) is 3.76. The predicted molar refractivity (Wildman–Crippen MR) is 61.2 cm³/mol. The second-order valence-electron chi connectivity index (χ2n) is 4.27. The van der Waals surface area contributed by atoms with E-state index in [1.165, 1.54) is 7.11 Å². The summed E-state index contributed by atoms with van der Waals surface area (Å²) < 4.78 is 4.64. The minimum atomic E-state index is -0.898. The lowest BCUT2D eigenvalue weighted by Gasteiger charge is -2.12. The van der Waals surface area contributed by atoms with Crippen LogP contribution in [0.4, 0.5) is 0 Å². The first-order valence-corrected chi connectivity index (χ1v) is 5.68. The van der Waals surface area contributed by atoms with E-state index >= 15 is 0 Å². The molecule has 0 unspecified atom stereocenters. The lowest BCUT2D eigenvalue weighted by molar-refractivity contribution is -0.152. The molecule has 1 aliphatic rings. The van der Waals surface area contributed by atoms with Crippen molar-refractivity contribution in [3.05, 3.63) is 24.0 Å². The summed E-state index contributed by atoms with van der Waals surface area (Å²) in [6.45, 7) is 0.526. The molecule has 17 heavy (non-hydrogen) atoms. The number of aromatic nitrogens is 1. The number of amides is 1. The van der Waals surface area contributed by atoms with Gasteiger partial charge in [0.2, 0.25) is 5.91 Å². The van der Waals surface area contributed by atoms with Crippen molar-refractivity contribution in [2.45, 2.75) is 19.3 Å². The number of hydrogen-bond acceptors (Lipinski definition) is 3. The maximum atomic E-state index is 11.8. The number of carbonyl (C=O) groups is 2. The van der Waals surface area contributed by atoms with Gasteiger partial charge < -0.3 is 15.0 Å². The number of methoxy groups -OCH3 is 1. The standard InChI is InChI=1S/C12H16N2O3/c1-17-11(16)12(5-6-12)10(15)14-8-4-9-3-2-7-13-9/h2-3,7,13H,4-6,8H2,1H3,(H,14,15). The molecular formula is C12H16N2O3. The Bertz CT molecular complexity index is 407. The molecule has 2 rings (SSSR count). The van der Waals surface area contributed by atoms with Gasteiger partial charge in [0, 0.05) is 24.9 Å². The second-order valence-corrected chi connectivity index (χ2v) is 4.27. The van der Waals surface area contributed by atoms with Gasteiger partial charge in [-0.3, -0.25) is 9.59 Å². The van der Waals surface area contributed by atoms with Gasteiger partial charge >= 0.3 is 5.97 Å². The number of aromatic amines is 1. The highest BCUT2D eigenvalue weighted by molar-refractivity contribution is 6.05. The van der Waals surface area contributed by atoms with Gasteiger partial charge in [0.05, 0.1) is 7.11 Å². The Hall–Kier alpha value is -1.78. The van der Waals surface area contributed by atoms with Crippen LogP contribution in [0.15, 0.2) is 18.3 Å². The van der Waals surface area contributed by atoms with Crippen molar-refractivity contribution in [1.29, 1.82) is 0 Å². The summed E-state index contributed by atoms with van der Waals surface area (Å²) in [4.78, 5) is 26.3. The van der Waals surface area contributed by atoms with Crippen molar-refractivity contribution >= 4 is 11.9 Å². The Labute approximate surface area is 99.5 Å². The van der Waals surface area contributed by atoms with Gasteiger partial charge in [0.25, 0.3) is 0 Å². The van der Waals surface area contributed by atoms with Crippen molar-refractivity contribution < 1.29 is 14.3 Å². The maximum absolute atomic E-state index is 11.8. The van der Waals surface area contributed by atoms with Crippen LogP contribution < -0.4 is 5.32 Å². The van der Waals surface area contributed by atoms with Crippen molar-refractivity contribution in [2.24, 2.45) is 5.41 Å². The molecule has 0 atom stereocenters. The Morgan fingerprint density at radius 3 is 2.82 bits per heavy atom. The van der Waals surface area contributed by atoms with Crippen LogP contribution >= 0.6 is 0 Å². The van der Waals surface area contributed by atoms with E-state index in [2.05, 4.69) is 15.0 Å². The molecule has 0 bridgehead atoms. The molecule has 0 spiro atoms. The number of hydrogen-bond donors (Lipinski definition) is 2. The molecule has 5 heteroatoms. The fraction of sp³-hybridized carbons (Fsp3) is 0.500. The minimum absolute atomic E-state index is 0.212. The number of esters is 1. The Kier molecular flexibility index (Phi) is 3.17. The van der Waals surface area contributed by atoms with Crippen molar-refractivity contribution in [1.82, 2.24) is 10.3 Å². The molecule has 2 N–H and O–H groups in total. The molecule has 0 aromatic carbocycles. The molecule has 92 valence electrons. The van der Waals surface area contributed by atoms with E-state index in [1.807, 2.05) is 18.3 Å². The van der Waals surface area contributed by atoms with Crippen LogP contribution in [0.3, 0.4) is 0 Å². The first-order chi connectivity index (χ1) is 8.19. The van der Waals surface area contributed by atoms with E-state index in [0.29, 0.717) is 19.4 Å². The summed E-state index contributed by atoms with van der Waals surface area (Å²) in [7, 11) is 1.31. The highest BCUT2D eigenvalue weighted by Crippen LogP contribution is 2.46. The summed E-state index contributed by atoms with van der Waals surface area (Å²) in [5, 5.41) is 2.78. The molecule has 0 aliphatic heterocycles. The first-order valence-electron chi connectivity index (χ1n) is 5.68. The smallest absolute Gasteiger partial charge is 0.321 e. The zero-order chi connectivity index (χ0) is 12.3.